The van der Waals surface area contributed by atoms with E-state index in [-0.39, 0.29) is 5.91 Å². The summed E-state index contributed by atoms with van der Waals surface area (Å²) in [7, 11) is 3.27. The summed E-state index contributed by atoms with van der Waals surface area (Å²) in [6.45, 7) is 9.64. The van der Waals surface area contributed by atoms with Crippen LogP contribution in [0.15, 0.2) is 11.6 Å². The van der Waals surface area contributed by atoms with Crippen LogP contribution in [0.1, 0.15) is 98.3 Å². The van der Waals surface area contributed by atoms with Gasteiger partial charge in [-0.25, -0.2) is 5.06 Å². The van der Waals surface area contributed by atoms with E-state index in [2.05, 4.69) is 33.8 Å². The highest BCUT2D eigenvalue weighted by molar-refractivity contribution is 5.74. The summed E-state index contributed by atoms with van der Waals surface area (Å²) in [6.07, 6.45) is 14.6. The molecule has 8 atom stereocenters. The Bertz CT molecular complexity index is 749. The highest BCUT2D eigenvalue weighted by Crippen LogP contribution is 2.67. The molecule has 4 aliphatic rings. The van der Waals surface area contributed by atoms with Gasteiger partial charge >= 0.3 is 0 Å². The van der Waals surface area contributed by atoms with Crippen molar-refractivity contribution in [1.29, 1.82) is 0 Å². The van der Waals surface area contributed by atoms with Gasteiger partial charge in [-0.1, -0.05) is 39.3 Å². The first-order valence-corrected chi connectivity index (χ1v) is 13.3. The third-order valence-corrected chi connectivity index (χ3v) is 11.1. The molecule has 0 heterocycles. The van der Waals surface area contributed by atoms with Crippen molar-refractivity contribution in [2.75, 3.05) is 14.2 Å². The maximum absolute atomic E-state index is 12.3. The van der Waals surface area contributed by atoms with Crippen LogP contribution in [-0.4, -0.2) is 35.8 Å². The molecule has 0 unspecified atom stereocenters. The van der Waals surface area contributed by atoms with E-state index in [9.17, 15) is 9.90 Å². The summed E-state index contributed by atoms with van der Waals surface area (Å²) in [4.78, 5) is 17.3. The average Bonchev–Trinajstić information content (AvgIpc) is 3.14. The van der Waals surface area contributed by atoms with Crippen molar-refractivity contribution in [1.82, 2.24) is 5.06 Å². The molecule has 182 valence electrons. The van der Waals surface area contributed by atoms with E-state index in [0.29, 0.717) is 23.2 Å². The SMILES string of the molecule is CC[C@]1(O)CC[C@@]2(C)C(=CC[C@H]3[C@@H]4CC[C@H]([C@H](C)CCC(=O)N(C)OC)[C@@]4(C)CC[C@@H]32)C1. The molecule has 4 heteroatoms. The smallest absolute Gasteiger partial charge is 0.245 e. The number of carbonyl (C=O) groups is 1. The lowest BCUT2D eigenvalue weighted by molar-refractivity contribution is -0.169. The molecular formula is C28H47NO3. The Hall–Kier alpha value is -0.870. The minimum Gasteiger partial charge on any atom is -0.390 e. The Morgan fingerprint density at radius 3 is 2.66 bits per heavy atom. The molecule has 4 rings (SSSR count). The second kappa shape index (κ2) is 8.73. The van der Waals surface area contributed by atoms with Gasteiger partial charge in [0.1, 0.15) is 0 Å². The maximum atomic E-state index is 12.3. The number of allylic oxidation sites excluding steroid dienone is 1. The Balaban J connectivity index is 1.48. The number of carbonyl (C=O) groups excluding carboxylic acids is 1. The fourth-order valence-corrected chi connectivity index (χ4v) is 8.80. The minimum atomic E-state index is -0.469. The van der Waals surface area contributed by atoms with Crippen LogP contribution in [-0.2, 0) is 9.63 Å². The first kappa shape index (κ1) is 24.3. The van der Waals surface area contributed by atoms with Gasteiger partial charge in [0.05, 0.1) is 12.7 Å². The van der Waals surface area contributed by atoms with Gasteiger partial charge in [-0.3, -0.25) is 9.63 Å². The summed E-state index contributed by atoms with van der Waals surface area (Å²) in [5, 5.41) is 12.3. The quantitative estimate of drug-likeness (QED) is 0.394. The van der Waals surface area contributed by atoms with E-state index in [4.69, 9.17) is 4.84 Å². The van der Waals surface area contributed by atoms with Crippen LogP contribution < -0.4 is 0 Å². The Kier molecular flexibility index (Phi) is 6.62. The number of hydroxylamine groups is 2. The number of hydrogen-bond acceptors (Lipinski definition) is 3. The molecule has 0 bridgehead atoms. The van der Waals surface area contributed by atoms with E-state index < -0.39 is 5.60 Å². The molecule has 1 N–H and O–H groups in total. The van der Waals surface area contributed by atoms with Gasteiger partial charge in [0.2, 0.25) is 5.91 Å². The Morgan fingerprint density at radius 1 is 1.22 bits per heavy atom. The zero-order chi connectivity index (χ0) is 23.3. The number of aliphatic hydroxyl groups is 1. The largest absolute Gasteiger partial charge is 0.390 e. The standard InChI is InChI=1S/C28H47NO3/c1-7-28(31)17-16-26(3)20(18-28)9-10-21-23-12-11-22(27(23,4)15-14-24(21)26)19(2)8-13-25(30)29(5)32-6/h9,19,21-24,31H,7-8,10-18H2,1-6H3/t19-,21+,22-,23+,24+,26+,27-,28+/m1/s1. The molecule has 4 aliphatic carbocycles. The van der Waals surface area contributed by atoms with Crippen LogP contribution >= 0.6 is 0 Å². The van der Waals surface area contributed by atoms with Crippen LogP contribution in [0.4, 0.5) is 0 Å². The van der Waals surface area contributed by atoms with E-state index in [0.717, 1.165) is 55.8 Å². The van der Waals surface area contributed by atoms with Gasteiger partial charge in [-0.05, 0) is 105 Å². The summed E-state index contributed by atoms with van der Waals surface area (Å²) < 4.78 is 0. The van der Waals surface area contributed by atoms with Gasteiger partial charge in [-0.15, -0.1) is 0 Å². The molecule has 0 aromatic rings. The molecule has 0 aromatic carbocycles. The molecule has 0 spiro atoms. The van der Waals surface area contributed by atoms with E-state index in [1.807, 2.05) is 0 Å². The van der Waals surface area contributed by atoms with Crippen LogP contribution in [0.5, 0.6) is 0 Å². The zero-order valence-electron chi connectivity index (χ0n) is 21.5. The molecule has 0 aromatic heterocycles. The van der Waals surface area contributed by atoms with Gasteiger partial charge in [-0.2, -0.15) is 0 Å². The zero-order valence-corrected chi connectivity index (χ0v) is 21.5. The lowest BCUT2D eigenvalue weighted by atomic mass is 9.46. The fraction of sp³-hybridized carbons (Fsp3) is 0.893. The van der Waals surface area contributed by atoms with Crippen molar-refractivity contribution in [2.45, 2.75) is 104 Å². The Morgan fingerprint density at radius 2 is 1.97 bits per heavy atom. The van der Waals surface area contributed by atoms with Gasteiger partial charge < -0.3 is 5.11 Å². The summed E-state index contributed by atoms with van der Waals surface area (Å²) in [6, 6.07) is 0. The third kappa shape index (κ3) is 3.87. The molecule has 3 saturated carbocycles. The lowest BCUT2D eigenvalue weighted by Gasteiger charge is -2.59. The summed E-state index contributed by atoms with van der Waals surface area (Å²) in [5.74, 6) is 3.79. The maximum Gasteiger partial charge on any atom is 0.245 e. The van der Waals surface area contributed by atoms with Crippen molar-refractivity contribution in [3.8, 4) is 0 Å². The van der Waals surface area contributed by atoms with Crippen LogP contribution in [0.3, 0.4) is 0 Å². The van der Waals surface area contributed by atoms with E-state index in [1.54, 1.807) is 19.7 Å². The molecule has 32 heavy (non-hydrogen) atoms. The molecule has 0 aliphatic heterocycles. The molecule has 0 radical (unpaired) electrons. The monoisotopic (exact) mass is 445 g/mol. The molecule has 0 saturated heterocycles. The highest BCUT2D eigenvalue weighted by Gasteiger charge is 2.59. The third-order valence-electron chi connectivity index (χ3n) is 11.1. The average molecular weight is 446 g/mol. The normalized spacial score (nSPS) is 44.2. The van der Waals surface area contributed by atoms with Gasteiger partial charge in [0.15, 0.2) is 0 Å². The first-order valence-electron chi connectivity index (χ1n) is 13.3. The lowest BCUT2D eigenvalue weighted by Crippen LogP contribution is -2.52. The number of nitrogens with zero attached hydrogens (tertiary/aromatic N) is 1. The van der Waals surface area contributed by atoms with Gasteiger partial charge in [0.25, 0.3) is 0 Å². The minimum absolute atomic E-state index is 0.0879. The fourth-order valence-electron chi connectivity index (χ4n) is 8.80. The number of hydrogen-bond donors (Lipinski definition) is 1. The highest BCUT2D eigenvalue weighted by atomic mass is 16.7. The second-order valence-corrected chi connectivity index (χ2v) is 12.3. The van der Waals surface area contributed by atoms with Crippen LogP contribution in [0.2, 0.25) is 0 Å². The Labute approximate surface area is 196 Å². The second-order valence-electron chi connectivity index (χ2n) is 12.3. The molecule has 1 amide bonds. The number of rotatable bonds is 6. The van der Waals surface area contributed by atoms with Crippen LogP contribution in [0, 0.1) is 40.4 Å². The molecule has 3 fully saturated rings. The van der Waals surface area contributed by atoms with Crippen molar-refractivity contribution < 1.29 is 14.7 Å². The predicted molar refractivity (Wildman–Crippen MR) is 129 cm³/mol. The summed E-state index contributed by atoms with van der Waals surface area (Å²) in [5.41, 5.74) is 1.81. The van der Waals surface area contributed by atoms with Crippen LogP contribution in [0.25, 0.3) is 0 Å². The summed E-state index contributed by atoms with van der Waals surface area (Å²) >= 11 is 0. The van der Waals surface area contributed by atoms with E-state index in [1.165, 1.54) is 37.2 Å². The predicted octanol–water partition coefficient (Wildman–Crippen LogP) is 6.14. The van der Waals surface area contributed by atoms with Crippen molar-refractivity contribution in [3.63, 3.8) is 0 Å². The first-order chi connectivity index (χ1) is 15.1. The number of fused-ring (bicyclic) bond motifs is 5. The van der Waals surface area contributed by atoms with Gasteiger partial charge in [0, 0.05) is 13.5 Å². The molecule has 4 nitrogen and oxygen atoms in total. The topological polar surface area (TPSA) is 49.8 Å². The van der Waals surface area contributed by atoms with E-state index >= 15 is 0 Å². The number of amides is 1. The van der Waals surface area contributed by atoms with Crippen molar-refractivity contribution >= 4 is 5.91 Å². The van der Waals surface area contributed by atoms with Crippen molar-refractivity contribution in [2.24, 2.45) is 40.4 Å². The molecular weight excluding hydrogens is 398 g/mol. The van der Waals surface area contributed by atoms with Crippen molar-refractivity contribution in [3.05, 3.63) is 11.6 Å².